The van der Waals surface area contributed by atoms with Crippen LogP contribution in [-0.4, -0.2) is 20.7 Å². The molecule has 0 aliphatic carbocycles. The zero-order valence-corrected chi connectivity index (χ0v) is 13.5. The summed E-state index contributed by atoms with van der Waals surface area (Å²) in [5.41, 5.74) is 1.84. The molecule has 1 N–H and O–H groups in total. The molecule has 1 amide bonds. The molecule has 22 heavy (non-hydrogen) atoms. The van der Waals surface area contributed by atoms with Crippen molar-refractivity contribution in [2.75, 3.05) is 5.32 Å². The lowest BCUT2D eigenvalue weighted by molar-refractivity contribution is 0.102. The van der Waals surface area contributed by atoms with E-state index in [-0.39, 0.29) is 5.91 Å². The fraction of sp³-hybridized carbons (Fsp3) is 0. The predicted molar refractivity (Wildman–Crippen MR) is 88.5 cm³/mol. The number of hydrogen-bond acceptors (Lipinski definition) is 3. The van der Waals surface area contributed by atoms with Gasteiger partial charge in [-0.3, -0.25) is 9.36 Å². The van der Waals surface area contributed by atoms with Gasteiger partial charge in [0.25, 0.3) is 5.91 Å². The lowest BCUT2D eigenvalue weighted by Gasteiger charge is -2.09. The molecule has 2 aromatic carbocycles. The molecule has 3 rings (SSSR count). The summed E-state index contributed by atoms with van der Waals surface area (Å²) in [7, 11) is 0. The van der Waals surface area contributed by atoms with Crippen molar-refractivity contribution in [2.45, 2.75) is 0 Å². The third kappa shape index (κ3) is 3.18. The summed E-state index contributed by atoms with van der Waals surface area (Å²) in [5, 5.41) is 10.7. The smallest absolute Gasteiger partial charge is 0.257 e. The molecule has 0 unspecified atom stereocenters. The van der Waals surface area contributed by atoms with Crippen molar-refractivity contribution < 1.29 is 4.79 Å². The molecule has 0 aliphatic rings. The molecule has 3 aromatic rings. The van der Waals surface area contributed by atoms with Crippen LogP contribution in [0.4, 0.5) is 5.69 Å². The molecule has 0 saturated heterocycles. The van der Waals surface area contributed by atoms with E-state index in [9.17, 15) is 4.79 Å². The van der Waals surface area contributed by atoms with Crippen molar-refractivity contribution in [1.82, 2.24) is 14.8 Å². The van der Waals surface area contributed by atoms with Gasteiger partial charge in [-0.2, -0.15) is 0 Å². The summed E-state index contributed by atoms with van der Waals surface area (Å²) >= 11 is 9.49. The fourth-order valence-electron chi connectivity index (χ4n) is 1.91. The quantitative estimate of drug-likeness (QED) is 0.752. The minimum Gasteiger partial charge on any atom is -0.322 e. The number of carbonyl (C=O) groups excluding carboxylic acids is 1. The number of benzene rings is 2. The Bertz CT molecular complexity index is 803. The van der Waals surface area contributed by atoms with E-state index in [1.54, 1.807) is 47.6 Å². The number of nitrogens with one attached hydrogen (secondary N) is 1. The van der Waals surface area contributed by atoms with Crippen LogP contribution in [0.5, 0.6) is 0 Å². The maximum Gasteiger partial charge on any atom is 0.257 e. The Morgan fingerprint density at radius 1 is 1.09 bits per heavy atom. The zero-order valence-electron chi connectivity index (χ0n) is 11.2. The standard InChI is InChI=1S/C15H10BrClN4O/c16-10-1-3-11(4-2-10)20-15(22)13-7-12(5-6-14(13)17)21-8-18-19-9-21/h1-9H,(H,20,22). The average molecular weight is 378 g/mol. The number of carbonyl (C=O) groups is 1. The van der Waals surface area contributed by atoms with Crippen molar-refractivity contribution >= 4 is 39.1 Å². The first kappa shape index (κ1) is 14.7. The summed E-state index contributed by atoms with van der Waals surface area (Å²) in [6.45, 7) is 0. The van der Waals surface area contributed by atoms with Gasteiger partial charge in [0.05, 0.1) is 10.6 Å². The monoisotopic (exact) mass is 376 g/mol. The largest absolute Gasteiger partial charge is 0.322 e. The third-order valence-corrected chi connectivity index (χ3v) is 3.87. The van der Waals surface area contributed by atoms with E-state index >= 15 is 0 Å². The van der Waals surface area contributed by atoms with E-state index in [4.69, 9.17) is 11.6 Å². The van der Waals surface area contributed by atoms with Crippen LogP contribution >= 0.6 is 27.5 Å². The second-order valence-corrected chi connectivity index (χ2v) is 5.82. The minimum atomic E-state index is -0.276. The normalized spacial score (nSPS) is 10.5. The topological polar surface area (TPSA) is 59.8 Å². The van der Waals surface area contributed by atoms with Gasteiger partial charge in [-0.25, -0.2) is 0 Å². The van der Waals surface area contributed by atoms with Crippen molar-refractivity contribution in [3.05, 3.63) is 70.2 Å². The van der Waals surface area contributed by atoms with Crippen LogP contribution < -0.4 is 5.32 Å². The molecular formula is C15H10BrClN4O. The molecule has 0 atom stereocenters. The highest BCUT2D eigenvalue weighted by Crippen LogP contribution is 2.22. The van der Waals surface area contributed by atoms with Crippen molar-refractivity contribution in [2.24, 2.45) is 0 Å². The maximum atomic E-state index is 12.4. The zero-order chi connectivity index (χ0) is 15.5. The lowest BCUT2D eigenvalue weighted by Crippen LogP contribution is -2.13. The van der Waals surface area contributed by atoms with Crippen LogP contribution in [0.15, 0.2) is 59.6 Å². The second-order valence-electron chi connectivity index (χ2n) is 4.49. The Balaban J connectivity index is 1.88. The molecule has 1 aromatic heterocycles. The Morgan fingerprint density at radius 3 is 2.45 bits per heavy atom. The van der Waals surface area contributed by atoms with Gasteiger partial charge < -0.3 is 5.32 Å². The van der Waals surface area contributed by atoms with Gasteiger partial charge in [-0.15, -0.1) is 10.2 Å². The maximum absolute atomic E-state index is 12.4. The summed E-state index contributed by atoms with van der Waals surface area (Å²) < 4.78 is 2.64. The number of amides is 1. The SMILES string of the molecule is O=C(Nc1ccc(Br)cc1)c1cc(-n2cnnc2)ccc1Cl. The van der Waals surface area contributed by atoms with Crippen molar-refractivity contribution in [1.29, 1.82) is 0 Å². The minimum absolute atomic E-state index is 0.276. The number of halogens is 2. The molecule has 110 valence electrons. The van der Waals surface area contributed by atoms with E-state index in [1.807, 2.05) is 12.1 Å². The van der Waals surface area contributed by atoms with Crippen LogP contribution in [0, 0.1) is 0 Å². The van der Waals surface area contributed by atoms with E-state index in [2.05, 4.69) is 31.4 Å². The molecule has 7 heteroatoms. The Hall–Kier alpha value is -2.18. The first-order valence-corrected chi connectivity index (χ1v) is 7.52. The summed E-state index contributed by atoms with van der Waals surface area (Å²) in [6.07, 6.45) is 3.11. The number of rotatable bonds is 3. The molecule has 1 heterocycles. The third-order valence-electron chi connectivity index (χ3n) is 3.01. The van der Waals surface area contributed by atoms with Crippen molar-refractivity contribution in [3.8, 4) is 5.69 Å². The van der Waals surface area contributed by atoms with Crippen LogP contribution in [-0.2, 0) is 0 Å². The van der Waals surface area contributed by atoms with E-state index in [0.29, 0.717) is 16.3 Å². The number of aromatic nitrogens is 3. The molecule has 0 radical (unpaired) electrons. The van der Waals surface area contributed by atoms with E-state index in [0.717, 1.165) is 10.2 Å². The van der Waals surface area contributed by atoms with Crippen LogP contribution in [0.1, 0.15) is 10.4 Å². The first-order chi connectivity index (χ1) is 10.6. The predicted octanol–water partition coefficient (Wildman–Crippen LogP) is 3.94. The number of anilines is 1. The summed E-state index contributed by atoms with van der Waals surface area (Å²) in [6, 6.07) is 12.5. The summed E-state index contributed by atoms with van der Waals surface area (Å²) in [4.78, 5) is 12.4. The van der Waals surface area contributed by atoms with Crippen LogP contribution in [0.25, 0.3) is 5.69 Å². The molecule has 5 nitrogen and oxygen atoms in total. The van der Waals surface area contributed by atoms with Gasteiger partial charge in [0.15, 0.2) is 0 Å². The Kier molecular flexibility index (Phi) is 4.22. The second kappa shape index (κ2) is 6.29. The molecular weight excluding hydrogens is 368 g/mol. The number of hydrogen-bond donors (Lipinski definition) is 1. The van der Waals surface area contributed by atoms with Crippen LogP contribution in [0.2, 0.25) is 5.02 Å². The average Bonchev–Trinajstić information content (AvgIpc) is 3.04. The van der Waals surface area contributed by atoms with Gasteiger partial charge in [0.2, 0.25) is 0 Å². The highest BCUT2D eigenvalue weighted by molar-refractivity contribution is 9.10. The van der Waals surface area contributed by atoms with Crippen LogP contribution in [0.3, 0.4) is 0 Å². The fourth-order valence-corrected chi connectivity index (χ4v) is 2.38. The highest BCUT2D eigenvalue weighted by atomic mass is 79.9. The Labute approximate surface area is 140 Å². The van der Waals surface area contributed by atoms with E-state index < -0.39 is 0 Å². The molecule has 0 aliphatic heterocycles. The van der Waals surface area contributed by atoms with Gasteiger partial charge in [0, 0.05) is 15.8 Å². The van der Waals surface area contributed by atoms with Gasteiger partial charge in [-0.05, 0) is 42.5 Å². The molecule has 0 fully saturated rings. The lowest BCUT2D eigenvalue weighted by atomic mass is 10.1. The molecule has 0 saturated carbocycles. The molecule has 0 bridgehead atoms. The first-order valence-electron chi connectivity index (χ1n) is 6.35. The van der Waals surface area contributed by atoms with E-state index in [1.165, 1.54) is 0 Å². The van der Waals surface area contributed by atoms with Gasteiger partial charge in [0.1, 0.15) is 12.7 Å². The highest BCUT2D eigenvalue weighted by Gasteiger charge is 2.12. The van der Waals surface area contributed by atoms with Gasteiger partial charge in [-0.1, -0.05) is 27.5 Å². The number of nitrogens with zero attached hydrogens (tertiary/aromatic N) is 3. The van der Waals surface area contributed by atoms with Crippen molar-refractivity contribution in [3.63, 3.8) is 0 Å². The Morgan fingerprint density at radius 2 is 1.77 bits per heavy atom. The molecule has 0 spiro atoms. The van der Waals surface area contributed by atoms with Gasteiger partial charge >= 0.3 is 0 Å². The summed E-state index contributed by atoms with van der Waals surface area (Å²) in [5.74, 6) is -0.276.